The Morgan fingerprint density at radius 3 is 1.97 bits per heavy atom. The molecule has 188 valence electrons. The average Bonchev–Trinajstić information content (AvgIpc) is 3.11. The van der Waals surface area contributed by atoms with Crippen molar-refractivity contribution >= 4 is 18.0 Å². The summed E-state index contributed by atoms with van der Waals surface area (Å²) in [5.74, 6) is -1.87. The van der Waals surface area contributed by atoms with E-state index in [0.717, 1.165) is 22.3 Å². The fourth-order valence-electron chi connectivity index (χ4n) is 4.62. The number of carboxylic acids is 1. The smallest absolute Gasteiger partial charge is 0.407 e. The highest BCUT2D eigenvalue weighted by molar-refractivity contribution is 5.89. The van der Waals surface area contributed by atoms with E-state index in [9.17, 15) is 19.5 Å². The van der Waals surface area contributed by atoms with Crippen LogP contribution in [0.5, 0.6) is 0 Å². The molecule has 7 heteroatoms. The van der Waals surface area contributed by atoms with Crippen LogP contribution >= 0.6 is 0 Å². The Balaban J connectivity index is 1.70. The minimum atomic E-state index is -1.07. The predicted molar refractivity (Wildman–Crippen MR) is 135 cm³/mol. The number of carboxylic acid groups (broad SMARTS) is 1. The monoisotopic (exact) mass is 480 g/mol. The van der Waals surface area contributed by atoms with E-state index < -0.39 is 30.1 Å². The number of hydrogen-bond acceptors (Lipinski definition) is 4. The minimum Gasteiger partial charge on any atom is -0.480 e. The standard InChI is InChI=1S/C28H36N2O5/c1-17(2)24(25(31)30(6)23(26(32)33)15-28(3,4)5)29-27(34)35-16-22-20-13-9-7-11-18(20)19-12-8-10-14-21(19)22/h7-14,17,22-24H,15-16H2,1-6H3,(H,29,34)(H,32,33)/t23?,24-/m0/s1. The number of nitrogens with zero attached hydrogens (tertiary/aromatic N) is 1. The van der Waals surface area contributed by atoms with E-state index in [1.54, 1.807) is 13.8 Å². The van der Waals surface area contributed by atoms with Crippen LogP contribution in [0.1, 0.15) is 58.1 Å². The zero-order valence-corrected chi connectivity index (χ0v) is 21.4. The number of carbonyl (C=O) groups excluding carboxylic acids is 2. The van der Waals surface area contributed by atoms with Gasteiger partial charge in [-0.05, 0) is 40.0 Å². The van der Waals surface area contributed by atoms with Gasteiger partial charge >= 0.3 is 12.1 Å². The first-order valence-electron chi connectivity index (χ1n) is 12.0. The Kier molecular flexibility index (Phi) is 7.88. The molecule has 0 heterocycles. The molecule has 2 aromatic rings. The Morgan fingerprint density at radius 2 is 1.51 bits per heavy atom. The number of benzene rings is 2. The molecule has 0 radical (unpaired) electrons. The van der Waals surface area contributed by atoms with Gasteiger partial charge in [-0.2, -0.15) is 0 Å². The first-order valence-corrected chi connectivity index (χ1v) is 12.0. The van der Waals surface area contributed by atoms with E-state index in [0.29, 0.717) is 6.42 Å². The molecule has 1 unspecified atom stereocenters. The van der Waals surface area contributed by atoms with Gasteiger partial charge in [-0.15, -0.1) is 0 Å². The van der Waals surface area contributed by atoms with Gasteiger partial charge in [0.25, 0.3) is 0 Å². The van der Waals surface area contributed by atoms with Crippen LogP contribution in [0.15, 0.2) is 48.5 Å². The molecule has 1 aliphatic carbocycles. The van der Waals surface area contributed by atoms with Gasteiger partial charge < -0.3 is 20.1 Å². The molecule has 1 aliphatic rings. The first-order chi connectivity index (χ1) is 16.4. The van der Waals surface area contributed by atoms with Gasteiger partial charge in [0.1, 0.15) is 18.7 Å². The van der Waals surface area contributed by atoms with Gasteiger partial charge in [-0.1, -0.05) is 83.1 Å². The molecule has 0 saturated carbocycles. The third kappa shape index (κ3) is 6.02. The van der Waals surface area contributed by atoms with Crippen LogP contribution in [0.25, 0.3) is 11.1 Å². The Labute approximate surface area is 207 Å². The van der Waals surface area contributed by atoms with E-state index >= 15 is 0 Å². The molecule has 0 aromatic heterocycles. The highest BCUT2D eigenvalue weighted by atomic mass is 16.5. The highest BCUT2D eigenvalue weighted by Gasteiger charge is 2.36. The van der Waals surface area contributed by atoms with E-state index in [2.05, 4.69) is 17.4 Å². The van der Waals surface area contributed by atoms with Crippen molar-refractivity contribution in [2.45, 2.75) is 59.0 Å². The molecule has 2 amide bonds. The number of amides is 2. The molecular formula is C28H36N2O5. The molecular weight excluding hydrogens is 444 g/mol. The van der Waals surface area contributed by atoms with Crippen LogP contribution in [0.4, 0.5) is 4.79 Å². The second-order valence-corrected chi connectivity index (χ2v) is 10.8. The number of alkyl carbamates (subject to hydrolysis) is 1. The number of hydrogen-bond donors (Lipinski definition) is 2. The molecule has 0 spiro atoms. The lowest BCUT2D eigenvalue weighted by Crippen LogP contribution is -2.55. The van der Waals surface area contributed by atoms with Crippen molar-refractivity contribution in [3.05, 3.63) is 59.7 Å². The van der Waals surface area contributed by atoms with Crippen LogP contribution in [0.2, 0.25) is 0 Å². The maximum Gasteiger partial charge on any atom is 0.407 e. The van der Waals surface area contributed by atoms with Crippen molar-refractivity contribution < 1.29 is 24.2 Å². The molecule has 3 rings (SSSR count). The quantitative estimate of drug-likeness (QED) is 0.560. The number of rotatable bonds is 8. The van der Waals surface area contributed by atoms with E-state index in [1.165, 1.54) is 11.9 Å². The van der Waals surface area contributed by atoms with E-state index in [1.807, 2.05) is 57.2 Å². The van der Waals surface area contributed by atoms with Crippen molar-refractivity contribution in [2.24, 2.45) is 11.3 Å². The van der Waals surface area contributed by atoms with Crippen molar-refractivity contribution in [3.63, 3.8) is 0 Å². The lowest BCUT2D eigenvalue weighted by molar-refractivity contribution is -0.151. The average molecular weight is 481 g/mol. The molecule has 0 saturated heterocycles. The largest absolute Gasteiger partial charge is 0.480 e. The summed E-state index contributed by atoms with van der Waals surface area (Å²) in [5.41, 5.74) is 4.18. The van der Waals surface area contributed by atoms with Gasteiger partial charge in [0.2, 0.25) is 5.91 Å². The zero-order chi connectivity index (χ0) is 25.9. The number of carbonyl (C=O) groups is 3. The number of ether oxygens (including phenoxy) is 1. The SMILES string of the molecule is CC(C)[C@H](NC(=O)OCC1c2ccccc2-c2ccccc21)C(=O)N(C)C(CC(C)(C)C)C(=O)O. The third-order valence-corrected chi connectivity index (χ3v) is 6.46. The van der Waals surface area contributed by atoms with Crippen LogP contribution < -0.4 is 5.32 Å². The molecule has 35 heavy (non-hydrogen) atoms. The second kappa shape index (κ2) is 10.5. The van der Waals surface area contributed by atoms with Crippen LogP contribution in [0.3, 0.4) is 0 Å². The van der Waals surface area contributed by atoms with Gasteiger partial charge in [-0.3, -0.25) is 4.79 Å². The number of nitrogens with one attached hydrogen (secondary N) is 1. The highest BCUT2D eigenvalue weighted by Crippen LogP contribution is 2.44. The summed E-state index contributed by atoms with van der Waals surface area (Å²) in [7, 11) is 1.47. The topological polar surface area (TPSA) is 95.9 Å². The van der Waals surface area contributed by atoms with Crippen LogP contribution in [-0.2, 0) is 14.3 Å². The molecule has 2 N–H and O–H groups in total. The number of fused-ring (bicyclic) bond motifs is 3. The maximum absolute atomic E-state index is 13.2. The molecule has 7 nitrogen and oxygen atoms in total. The summed E-state index contributed by atoms with van der Waals surface area (Å²) < 4.78 is 5.60. The summed E-state index contributed by atoms with van der Waals surface area (Å²) in [6.07, 6.45) is -0.407. The predicted octanol–water partition coefficient (Wildman–Crippen LogP) is 4.90. The minimum absolute atomic E-state index is 0.0906. The molecule has 0 fully saturated rings. The molecule has 2 atom stereocenters. The van der Waals surface area contributed by atoms with Crippen LogP contribution in [0, 0.1) is 11.3 Å². The Hall–Kier alpha value is -3.35. The van der Waals surface area contributed by atoms with Crippen molar-refractivity contribution in [1.82, 2.24) is 10.2 Å². The van der Waals surface area contributed by atoms with E-state index in [4.69, 9.17) is 4.74 Å². The molecule has 0 bridgehead atoms. The summed E-state index contributed by atoms with van der Waals surface area (Å²) >= 11 is 0. The fourth-order valence-corrected chi connectivity index (χ4v) is 4.62. The summed E-state index contributed by atoms with van der Waals surface area (Å²) in [4.78, 5) is 39.1. The summed E-state index contributed by atoms with van der Waals surface area (Å²) in [5, 5.41) is 12.4. The summed E-state index contributed by atoms with van der Waals surface area (Å²) in [6.45, 7) is 9.53. The fraction of sp³-hybridized carbons (Fsp3) is 0.464. The number of likely N-dealkylation sites (N-methyl/N-ethyl adjacent to an activating group) is 1. The first kappa shape index (κ1) is 26.3. The number of aliphatic carboxylic acids is 1. The molecule has 0 aliphatic heterocycles. The van der Waals surface area contributed by atoms with Gasteiger partial charge in [0, 0.05) is 13.0 Å². The lowest BCUT2D eigenvalue weighted by Gasteiger charge is -2.33. The zero-order valence-electron chi connectivity index (χ0n) is 21.4. The second-order valence-electron chi connectivity index (χ2n) is 10.8. The van der Waals surface area contributed by atoms with Crippen molar-refractivity contribution in [2.75, 3.05) is 13.7 Å². The Bertz CT molecular complexity index is 1040. The summed E-state index contributed by atoms with van der Waals surface area (Å²) in [6, 6.07) is 14.2. The maximum atomic E-state index is 13.2. The van der Waals surface area contributed by atoms with E-state index in [-0.39, 0.29) is 23.9 Å². The normalized spacial score (nSPS) is 14.6. The Morgan fingerprint density at radius 1 is 1.00 bits per heavy atom. The van der Waals surface area contributed by atoms with Crippen LogP contribution in [-0.4, -0.2) is 53.7 Å². The van der Waals surface area contributed by atoms with Crippen molar-refractivity contribution in [1.29, 1.82) is 0 Å². The van der Waals surface area contributed by atoms with Gasteiger partial charge in [-0.25, -0.2) is 9.59 Å². The lowest BCUT2D eigenvalue weighted by atomic mass is 9.87. The van der Waals surface area contributed by atoms with Gasteiger partial charge in [0.05, 0.1) is 0 Å². The van der Waals surface area contributed by atoms with Crippen molar-refractivity contribution in [3.8, 4) is 11.1 Å². The van der Waals surface area contributed by atoms with Gasteiger partial charge in [0.15, 0.2) is 0 Å². The third-order valence-electron chi connectivity index (χ3n) is 6.46. The molecule has 2 aromatic carbocycles.